The van der Waals surface area contributed by atoms with Gasteiger partial charge in [0.25, 0.3) is 0 Å². The lowest BCUT2D eigenvalue weighted by Crippen LogP contribution is -2.33. The van der Waals surface area contributed by atoms with Crippen molar-refractivity contribution in [1.82, 2.24) is 30.4 Å². The first-order valence-electron chi connectivity index (χ1n) is 8.45. The average molecular weight is 369 g/mol. The minimum absolute atomic E-state index is 0.0913. The highest BCUT2D eigenvalue weighted by atomic mass is 32.2. The van der Waals surface area contributed by atoms with Gasteiger partial charge in [-0.05, 0) is 28.7 Å². The zero-order valence-electron chi connectivity index (χ0n) is 14.4. The van der Waals surface area contributed by atoms with Crippen LogP contribution in [0.4, 0.5) is 0 Å². The predicted octanol–water partition coefficient (Wildman–Crippen LogP) is 1.87. The zero-order valence-corrected chi connectivity index (χ0v) is 15.2. The number of aromatic amines is 1. The molecule has 1 aromatic heterocycles. The number of amides is 1. The first-order valence-corrected chi connectivity index (χ1v) is 9.33. The fourth-order valence-corrected chi connectivity index (χ4v) is 3.97. The van der Waals surface area contributed by atoms with Gasteiger partial charge in [-0.2, -0.15) is 5.21 Å². The highest BCUT2D eigenvalue weighted by molar-refractivity contribution is 8.16. The molecule has 0 radical (unpaired) electrons. The van der Waals surface area contributed by atoms with E-state index in [-0.39, 0.29) is 5.91 Å². The summed E-state index contributed by atoms with van der Waals surface area (Å²) in [5.41, 5.74) is 2.95. The third-order valence-electron chi connectivity index (χ3n) is 4.37. The van der Waals surface area contributed by atoms with Crippen molar-refractivity contribution in [2.75, 3.05) is 20.1 Å². The van der Waals surface area contributed by atoms with Gasteiger partial charge >= 0.3 is 0 Å². The molecule has 0 atom stereocenters. The lowest BCUT2D eigenvalue weighted by atomic mass is 10.1. The summed E-state index contributed by atoms with van der Waals surface area (Å²) in [6, 6.07) is 7.84. The van der Waals surface area contributed by atoms with Crippen LogP contribution >= 0.6 is 11.8 Å². The summed E-state index contributed by atoms with van der Waals surface area (Å²) in [5, 5.41) is 17.1. The lowest BCUT2D eigenvalue weighted by Gasteiger charge is -2.26. The maximum atomic E-state index is 12.7. The Morgan fingerprint density at radius 3 is 3.19 bits per heavy atom. The van der Waals surface area contributed by atoms with Crippen molar-refractivity contribution >= 4 is 22.8 Å². The quantitative estimate of drug-likeness (QED) is 0.865. The topological polar surface area (TPSA) is 90.4 Å². The SMILES string of the molecule is CN(Cc1cccc(-c2nn[nH]n2)c1)C(=O)CC1=CSC2=NCCCN12. The number of rotatable bonds is 5. The smallest absolute Gasteiger partial charge is 0.228 e. The maximum absolute atomic E-state index is 12.7. The predicted molar refractivity (Wildman–Crippen MR) is 100 cm³/mol. The molecule has 0 aliphatic carbocycles. The highest BCUT2D eigenvalue weighted by Crippen LogP contribution is 2.31. The highest BCUT2D eigenvalue weighted by Gasteiger charge is 2.27. The minimum atomic E-state index is 0.0913. The van der Waals surface area contributed by atoms with Crippen molar-refractivity contribution in [1.29, 1.82) is 0 Å². The van der Waals surface area contributed by atoms with E-state index in [2.05, 4.69) is 30.5 Å². The number of tetrazole rings is 1. The molecule has 8 nitrogen and oxygen atoms in total. The van der Waals surface area contributed by atoms with Crippen LogP contribution in [-0.4, -0.2) is 61.6 Å². The van der Waals surface area contributed by atoms with Crippen molar-refractivity contribution in [3.8, 4) is 11.4 Å². The van der Waals surface area contributed by atoms with E-state index in [1.54, 1.807) is 16.7 Å². The second-order valence-electron chi connectivity index (χ2n) is 6.26. The largest absolute Gasteiger partial charge is 0.341 e. The normalized spacial score (nSPS) is 16.1. The Labute approximate surface area is 155 Å². The molecular weight excluding hydrogens is 350 g/mol. The number of fused-ring (bicyclic) bond motifs is 1. The Hall–Kier alpha value is -2.68. The number of nitrogens with zero attached hydrogens (tertiary/aromatic N) is 6. The molecule has 9 heteroatoms. The number of thioether (sulfide) groups is 1. The summed E-state index contributed by atoms with van der Waals surface area (Å²) < 4.78 is 0. The van der Waals surface area contributed by atoms with Gasteiger partial charge < -0.3 is 9.80 Å². The maximum Gasteiger partial charge on any atom is 0.228 e. The molecule has 0 bridgehead atoms. The van der Waals surface area contributed by atoms with Crippen molar-refractivity contribution in [3.05, 3.63) is 40.9 Å². The third-order valence-corrected chi connectivity index (χ3v) is 5.32. The molecule has 4 rings (SSSR count). The van der Waals surface area contributed by atoms with Crippen molar-refractivity contribution in [2.24, 2.45) is 4.99 Å². The summed E-state index contributed by atoms with van der Waals surface area (Å²) in [7, 11) is 1.83. The Bertz CT molecular complexity index is 862. The monoisotopic (exact) mass is 369 g/mol. The summed E-state index contributed by atoms with van der Waals surface area (Å²) >= 11 is 1.61. The molecule has 0 saturated carbocycles. The Morgan fingerprint density at radius 2 is 2.35 bits per heavy atom. The number of aliphatic imine (C=N–C) groups is 1. The van der Waals surface area contributed by atoms with Gasteiger partial charge in [-0.25, -0.2) is 0 Å². The number of carbonyl (C=O) groups excluding carboxylic acids is 1. The van der Waals surface area contributed by atoms with Crippen molar-refractivity contribution in [2.45, 2.75) is 19.4 Å². The van der Waals surface area contributed by atoms with Gasteiger partial charge in [0.1, 0.15) is 0 Å². The van der Waals surface area contributed by atoms with Crippen LogP contribution in [0.2, 0.25) is 0 Å². The molecule has 3 heterocycles. The van der Waals surface area contributed by atoms with E-state index in [4.69, 9.17) is 0 Å². The summed E-state index contributed by atoms with van der Waals surface area (Å²) in [4.78, 5) is 21.1. The van der Waals surface area contributed by atoms with Crippen molar-refractivity contribution in [3.63, 3.8) is 0 Å². The third kappa shape index (κ3) is 3.48. The van der Waals surface area contributed by atoms with Crippen LogP contribution < -0.4 is 0 Å². The van der Waals surface area contributed by atoms with E-state index in [9.17, 15) is 4.79 Å². The van der Waals surface area contributed by atoms with Crippen LogP contribution in [0.25, 0.3) is 11.4 Å². The number of amidine groups is 1. The molecule has 134 valence electrons. The van der Waals surface area contributed by atoms with Gasteiger partial charge in [-0.1, -0.05) is 30.0 Å². The number of aromatic nitrogens is 4. The lowest BCUT2D eigenvalue weighted by molar-refractivity contribution is -0.129. The number of nitrogens with one attached hydrogen (secondary N) is 1. The van der Waals surface area contributed by atoms with E-state index >= 15 is 0 Å². The van der Waals surface area contributed by atoms with Gasteiger partial charge in [0, 0.05) is 37.9 Å². The summed E-state index contributed by atoms with van der Waals surface area (Å²) in [6.07, 6.45) is 1.43. The molecule has 2 aliphatic rings. The molecule has 0 spiro atoms. The van der Waals surface area contributed by atoms with Gasteiger partial charge in [0.15, 0.2) is 5.17 Å². The molecule has 0 saturated heterocycles. The van der Waals surface area contributed by atoms with Gasteiger partial charge in [0.05, 0.1) is 6.42 Å². The first kappa shape index (κ1) is 16.8. The number of carbonyl (C=O) groups is 1. The number of benzene rings is 1. The number of H-pyrrole nitrogens is 1. The average Bonchev–Trinajstić information content (AvgIpc) is 3.32. The van der Waals surface area contributed by atoms with E-state index < -0.39 is 0 Å². The Morgan fingerprint density at radius 1 is 1.42 bits per heavy atom. The van der Waals surface area contributed by atoms with Gasteiger partial charge in [-0.3, -0.25) is 9.79 Å². The molecule has 2 aromatic rings. The second kappa shape index (κ2) is 7.28. The standard InChI is InChI=1S/C17H19N7OS/c1-23(10-12-4-2-5-13(8-12)16-19-21-22-20-16)15(25)9-14-11-26-17-18-6-3-7-24(14)17/h2,4-5,8,11H,3,6-7,9-10H2,1H3,(H,19,20,21,22). The first-order chi connectivity index (χ1) is 12.7. The minimum Gasteiger partial charge on any atom is -0.341 e. The Kier molecular flexibility index (Phi) is 4.70. The number of hydrogen-bond donors (Lipinski definition) is 1. The van der Waals surface area contributed by atoms with Crippen LogP contribution in [0, 0.1) is 0 Å². The van der Waals surface area contributed by atoms with E-state index in [1.807, 2.05) is 36.7 Å². The molecular formula is C17H19N7OS. The van der Waals surface area contributed by atoms with Crippen LogP contribution in [0.5, 0.6) is 0 Å². The van der Waals surface area contributed by atoms with Gasteiger partial charge in [-0.15, -0.1) is 10.2 Å². The number of hydrogen-bond acceptors (Lipinski definition) is 7. The molecule has 1 aromatic carbocycles. The molecule has 2 aliphatic heterocycles. The molecule has 1 N–H and O–H groups in total. The molecule has 0 unspecified atom stereocenters. The zero-order chi connectivity index (χ0) is 17.9. The van der Waals surface area contributed by atoms with Crippen LogP contribution in [0.1, 0.15) is 18.4 Å². The molecule has 1 amide bonds. The van der Waals surface area contributed by atoms with E-state index in [0.717, 1.165) is 41.5 Å². The van der Waals surface area contributed by atoms with E-state index in [0.29, 0.717) is 18.8 Å². The van der Waals surface area contributed by atoms with Crippen LogP contribution in [-0.2, 0) is 11.3 Å². The molecule has 26 heavy (non-hydrogen) atoms. The Balaban J connectivity index is 1.40. The molecule has 0 fully saturated rings. The van der Waals surface area contributed by atoms with E-state index in [1.165, 1.54) is 0 Å². The summed E-state index contributed by atoms with van der Waals surface area (Å²) in [6.45, 7) is 2.36. The van der Waals surface area contributed by atoms with Crippen LogP contribution in [0.3, 0.4) is 0 Å². The fraction of sp³-hybridized carbons (Fsp3) is 0.353. The van der Waals surface area contributed by atoms with Crippen LogP contribution in [0.15, 0.2) is 40.4 Å². The second-order valence-corrected chi connectivity index (χ2v) is 7.10. The summed E-state index contributed by atoms with van der Waals surface area (Å²) in [5.74, 6) is 0.638. The van der Waals surface area contributed by atoms with Crippen molar-refractivity contribution < 1.29 is 4.79 Å². The fourth-order valence-electron chi connectivity index (χ4n) is 3.02. The van der Waals surface area contributed by atoms with Gasteiger partial charge in [0.2, 0.25) is 11.7 Å².